The monoisotopic (exact) mass is 358 g/mol. The zero-order valence-electron chi connectivity index (χ0n) is 16.3. The third-order valence-corrected chi connectivity index (χ3v) is 7.45. The van der Waals surface area contributed by atoms with Gasteiger partial charge < -0.3 is 0 Å². The molecule has 0 spiro atoms. The van der Waals surface area contributed by atoms with Crippen LogP contribution in [-0.4, -0.2) is 8.42 Å². The van der Waals surface area contributed by atoms with E-state index in [1.54, 1.807) is 12.1 Å². The molecule has 0 unspecified atom stereocenters. The second-order valence-electron chi connectivity index (χ2n) is 7.97. The van der Waals surface area contributed by atoms with Gasteiger partial charge in [-0.05, 0) is 46.9 Å². The zero-order chi connectivity index (χ0) is 18.9. The van der Waals surface area contributed by atoms with Gasteiger partial charge in [-0.15, -0.1) is 0 Å². The Morgan fingerprint density at radius 1 is 0.680 bits per heavy atom. The molecule has 2 aromatic carbocycles. The molecule has 2 nitrogen and oxygen atoms in total. The van der Waals surface area contributed by atoms with E-state index in [4.69, 9.17) is 0 Å². The lowest BCUT2D eigenvalue weighted by Gasteiger charge is -2.29. The van der Waals surface area contributed by atoms with Crippen molar-refractivity contribution >= 4 is 9.84 Å². The Kier molecular flexibility index (Phi) is 5.48. The molecule has 0 radical (unpaired) electrons. The maximum absolute atomic E-state index is 13.6. The minimum atomic E-state index is -3.59. The average molecular weight is 359 g/mol. The van der Waals surface area contributed by atoms with Crippen molar-refractivity contribution in [2.45, 2.75) is 75.0 Å². The molecular formula is C22H30O2S. The first-order valence-electron chi connectivity index (χ1n) is 9.02. The molecule has 0 saturated carbocycles. The van der Waals surface area contributed by atoms with Crippen LogP contribution in [-0.2, 0) is 20.7 Å². The lowest BCUT2D eigenvalue weighted by Crippen LogP contribution is -2.23. The van der Waals surface area contributed by atoms with Crippen LogP contribution in [0.15, 0.2) is 58.3 Å². The van der Waals surface area contributed by atoms with Crippen molar-refractivity contribution in [3.63, 3.8) is 0 Å². The summed E-state index contributed by atoms with van der Waals surface area (Å²) in [5.74, 6) is 0. The van der Waals surface area contributed by atoms with Crippen LogP contribution in [0.1, 0.15) is 65.5 Å². The molecule has 2 aromatic rings. The van der Waals surface area contributed by atoms with Gasteiger partial charge in [-0.3, -0.25) is 0 Å². The molecule has 0 saturated heterocycles. The Bertz CT molecular complexity index is 780. The molecule has 2 rings (SSSR count). The third kappa shape index (κ3) is 3.67. The highest BCUT2D eigenvalue weighted by atomic mass is 32.2. The molecule has 0 amide bonds. The Labute approximate surface area is 153 Å². The molecule has 136 valence electrons. The van der Waals surface area contributed by atoms with Crippen molar-refractivity contribution in [1.82, 2.24) is 0 Å². The highest BCUT2D eigenvalue weighted by Crippen LogP contribution is 2.38. The van der Waals surface area contributed by atoms with Crippen LogP contribution >= 0.6 is 0 Å². The number of hydrogen-bond acceptors (Lipinski definition) is 2. The summed E-state index contributed by atoms with van der Waals surface area (Å²) in [6.07, 6.45) is 1.75. The van der Waals surface area contributed by atoms with Gasteiger partial charge in [0.25, 0.3) is 0 Å². The van der Waals surface area contributed by atoms with E-state index < -0.39 is 9.84 Å². The number of benzene rings is 2. The van der Waals surface area contributed by atoms with Crippen LogP contribution in [0.25, 0.3) is 0 Å². The molecule has 0 atom stereocenters. The number of sulfone groups is 1. The summed E-state index contributed by atoms with van der Waals surface area (Å²) in [6, 6.07) is 14.9. The Morgan fingerprint density at radius 2 is 1.00 bits per heavy atom. The summed E-state index contributed by atoms with van der Waals surface area (Å²) in [7, 11) is -3.59. The zero-order valence-corrected chi connectivity index (χ0v) is 17.1. The second kappa shape index (κ2) is 6.95. The van der Waals surface area contributed by atoms with Gasteiger partial charge >= 0.3 is 0 Å². The number of hydrogen-bond donors (Lipinski definition) is 0. The van der Waals surface area contributed by atoms with Crippen molar-refractivity contribution in [1.29, 1.82) is 0 Å². The van der Waals surface area contributed by atoms with Crippen molar-refractivity contribution in [2.24, 2.45) is 0 Å². The molecule has 0 bridgehead atoms. The van der Waals surface area contributed by atoms with Gasteiger partial charge in [0, 0.05) is 0 Å². The molecule has 0 aliphatic rings. The van der Waals surface area contributed by atoms with E-state index in [1.165, 1.54) is 0 Å². The Balaban J connectivity index is 2.76. The summed E-state index contributed by atoms with van der Waals surface area (Å²) in [6.45, 7) is 12.6. The third-order valence-electron chi connectivity index (χ3n) is 5.58. The fraction of sp³-hybridized carbons (Fsp3) is 0.455. The topological polar surface area (TPSA) is 34.1 Å². The summed E-state index contributed by atoms with van der Waals surface area (Å²) in [5.41, 5.74) is 1.39. The molecule has 0 aliphatic carbocycles. The average Bonchev–Trinajstić information content (AvgIpc) is 2.61. The predicted octanol–water partition coefficient (Wildman–Crippen LogP) is 5.89. The lowest BCUT2D eigenvalue weighted by atomic mass is 9.82. The van der Waals surface area contributed by atoms with Crippen molar-refractivity contribution in [2.75, 3.05) is 0 Å². The number of rotatable bonds is 6. The van der Waals surface area contributed by atoms with E-state index in [0.717, 1.165) is 24.0 Å². The van der Waals surface area contributed by atoms with E-state index in [-0.39, 0.29) is 10.8 Å². The van der Waals surface area contributed by atoms with E-state index >= 15 is 0 Å². The highest BCUT2D eigenvalue weighted by Gasteiger charge is 2.32. The summed E-state index contributed by atoms with van der Waals surface area (Å²) >= 11 is 0. The SMILES string of the molecule is CCC(C)(C)c1ccccc1S(=O)(=O)c1ccccc1C(C)(C)CC. The lowest BCUT2D eigenvalue weighted by molar-refractivity contribution is 0.487. The van der Waals surface area contributed by atoms with Gasteiger partial charge in [-0.1, -0.05) is 77.9 Å². The largest absolute Gasteiger partial charge is 0.218 e. The molecule has 0 aliphatic heterocycles. The van der Waals surface area contributed by atoms with Crippen LogP contribution in [0, 0.1) is 0 Å². The molecule has 0 aromatic heterocycles. The summed E-state index contributed by atoms with van der Waals surface area (Å²) < 4.78 is 27.2. The van der Waals surface area contributed by atoms with Crippen molar-refractivity contribution in [3.8, 4) is 0 Å². The summed E-state index contributed by atoms with van der Waals surface area (Å²) in [4.78, 5) is 0.863. The van der Waals surface area contributed by atoms with Gasteiger partial charge in [0.05, 0.1) is 9.79 Å². The van der Waals surface area contributed by atoms with Crippen LogP contribution in [0.2, 0.25) is 0 Å². The standard InChI is InChI=1S/C22H30O2S/c1-7-21(3,4)17-13-9-11-15-19(17)25(23,24)20-16-12-10-14-18(20)22(5,6)8-2/h9-16H,7-8H2,1-6H3. The minimum Gasteiger partial charge on any atom is -0.218 e. The molecule has 0 fully saturated rings. The van der Waals surface area contributed by atoms with Crippen LogP contribution in [0.4, 0.5) is 0 Å². The second-order valence-corrected chi connectivity index (χ2v) is 9.86. The summed E-state index contributed by atoms with van der Waals surface area (Å²) in [5, 5.41) is 0. The van der Waals surface area contributed by atoms with Crippen molar-refractivity contribution in [3.05, 3.63) is 59.7 Å². The highest BCUT2D eigenvalue weighted by molar-refractivity contribution is 7.91. The van der Waals surface area contributed by atoms with Crippen LogP contribution < -0.4 is 0 Å². The van der Waals surface area contributed by atoms with Crippen LogP contribution in [0.3, 0.4) is 0 Å². The van der Waals surface area contributed by atoms with Gasteiger partial charge in [0.15, 0.2) is 0 Å². The normalized spacial score (nSPS) is 13.0. The quantitative estimate of drug-likeness (QED) is 0.645. The van der Waals surface area contributed by atoms with E-state index in [9.17, 15) is 8.42 Å². The molecule has 0 N–H and O–H groups in total. The molecule has 25 heavy (non-hydrogen) atoms. The van der Waals surface area contributed by atoms with E-state index in [2.05, 4.69) is 41.5 Å². The minimum absolute atomic E-state index is 0.196. The molecule has 0 heterocycles. The van der Waals surface area contributed by atoms with Gasteiger partial charge in [-0.25, -0.2) is 8.42 Å². The first kappa shape index (κ1) is 19.7. The van der Waals surface area contributed by atoms with Gasteiger partial charge in [0.1, 0.15) is 0 Å². The van der Waals surface area contributed by atoms with Crippen LogP contribution in [0.5, 0.6) is 0 Å². The predicted molar refractivity (Wildman–Crippen MR) is 105 cm³/mol. The van der Waals surface area contributed by atoms with Gasteiger partial charge in [0.2, 0.25) is 9.84 Å². The van der Waals surface area contributed by atoms with E-state index in [0.29, 0.717) is 9.79 Å². The van der Waals surface area contributed by atoms with Gasteiger partial charge in [-0.2, -0.15) is 0 Å². The Hall–Kier alpha value is -1.61. The first-order chi connectivity index (χ1) is 11.6. The Morgan fingerprint density at radius 3 is 1.32 bits per heavy atom. The fourth-order valence-corrected chi connectivity index (χ4v) is 5.04. The first-order valence-corrected chi connectivity index (χ1v) is 10.5. The van der Waals surface area contributed by atoms with E-state index in [1.807, 2.05) is 36.4 Å². The van der Waals surface area contributed by atoms with Crippen molar-refractivity contribution < 1.29 is 8.42 Å². The molecular weight excluding hydrogens is 328 g/mol. The molecule has 3 heteroatoms. The maximum Gasteiger partial charge on any atom is 0.207 e. The maximum atomic E-state index is 13.6. The fourth-order valence-electron chi connectivity index (χ4n) is 3.02. The smallest absolute Gasteiger partial charge is 0.207 e.